The van der Waals surface area contributed by atoms with Gasteiger partial charge >= 0.3 is 0 Å². The van der Waals surface area contributed by atoms with Gasteiger partial charge in [-0.3, -0.25) is 19.8 Å². The zero-order chi connectivity index (χ0) is 14.6. The summed E-state index contributed by atoms with van der Waals surface area (Å²) in [5, 5.41) is 20.3. The number of ketones is 1. The number of nitro groups is 1. The molecule has 19 heavy (non-hydrogen) atoms. The van der Waals surface area contributed by atoms with E-state index >= 15 is 0 Å². The minimum absolute atomic E-state index is 0.101. The fraction of sp³-hybridized carbons (Fsp3) is 0.462. The summed E-state index contributed by atoms with van der Waals surface area (Å²) in [6, 6.07) is 5.65. The van der Waals surface area contributed by atoms with Crippen LogP contribution in [-0.2, 0) is 0 Å². The number of rotatable bonds is 6. The molecule has 6 heteroatoms. The largest absolute Gasteiger partial charge is 0.389 e. The second kappa shape index (κ2) is 5.90. The second-order valence-electron chi connectivity index (χ2n) is 5.22. The Hall–Kier alpha value is -1.79. The zero-order valence-corrected chi connectivity index (χ0v) is 11.3. The molecule has 0 heterocycles. The van der Waals surface area contributed by atoms with Crippen molar-refractivity contribution in [2.24, 2.45) is 0 Å². The number of benzene rings is 1. The molecule has 104 valence electrons. The van der Waals surface area contributed by atoms with Crippen molar-refractivity contribution in [1.29, 1.82) is 0 Å². The van der Waals surface area contributed by atoms with Crippen molar-refractivity contribution in [2.45, 2.75) is 19.4 Å². The first-order valence-corrected chi connectivity index (χ1v) is 5.87. The predicted octanol–water partition coefficient (Wildman–Crippen LogP) is 1.48. The van der Waals surface area contributed by atoms with Gasteiger partial charge in [0.1, 0.15) is 0 Å². The number of carbonyl (C=O) groups is 1. The molecule has 1 rings (SSSR count). The van der Waals surface area contributed by atoms with Crippen LogP contribution in [0.4, 0.5) is 5.69 Å². The van der Waals surface area contributed by atoms with E-state index in [9.17, 15) is 20.0 Å². The molecule has 0 radical (unpaired) electrons. The van der Waals surface area contributed by atoms with Gasteiger partial charge in [0.25, 0.3) is 5.69 Å². The summed E-state index contributed by atoms with van der Waals surface area (Å²) < 4.78 is 0. The Labute approximate surface area is 111 Å². The summed E-state index contributed by atoms with van der Waals surface area (Å²) in [6.07, 6.45) is 0. The maximum Gasteiger partial charge on any atom is 0.270 e. The van der Waals surface area contributed by atoms with Crippen LogP contribution in [0.5, 0.6) is 0 Å². The van der Waals surface area contributed by atoms with E-state index in [1.54, 1.807) is 31.9 Å². The van der Waals surface area contributed by atoms with Crippen molar-refractivity contribution in [1.82, 2.24) is 4.90 Å². The molecule has 0 spiro atoms. The molecule has 0 aliphatic rings. The van der Waals surface area contributed by atoms with Crippen LogP contribution in [0.1, 0.15) is 24.2 Å². The van der Waals surface area contributed by atoms with Crippen molar-refractivity contribution in [2.75, 3.05) is 20.1 Å². The predicted molar refractivity (Wildman–Crippen MR) is 71.2 cm³/mol. The highest BCUT2D eigenvalue weighted by molar-refractivity contribution is 5.98. The molecule has 0 aliphatic carbocycles. The minimum Gasteiger partial charge on any atom is -0.389 e. The third-order valence-electron chi connectivity index (χ3n) is 2.45. The first kappa shape index (κ1) is 15.3. The quantitative estimate of drug-likeness (QED) is 0.479. The van der Waals surface area contributed by atoms with Gasteiger partial charge in [-0.2, -0.15) is 0 Å². The molecule has 0 saturated heterocycles. The summed E-state index contributed by atoms with van der Waals surface area (Å²) in [7, 11) is 1.72. The van der Waals surface area contributed by atoms with Gasteiger partial charge in [0, 0.05) is 24.2 Å². The van der Waals surface area contributed by atoms with Crippen LogP contribution < -0.4 is 0 Å². The molecule has 0 unspecified atom stereocenters. The van der Waals surface area contributed by atoms with Crippen molar-refractivity contribution in [3.05, 3.63) is 39.9 Å². The molecule has 0 aromatic heterocycles. The Kier molecular flexibility index (Phi) is 4.74. The van der Waals surface area contributed by atoms with Crippen molar-refractivity contribution < 1.29 is 14.8 Å². The summed E-state index contributed by atoms with van der Waals surface area (Å²) in [4.78, 5) is 23.8. The molecule has 1 aromatic rings. The van der Waals surface area contributed by atoms with Gasteiger partial charge in [0.15, 0.2) is 5.78 Å². The summed E-state index contributed by atoms with van der Waals surface area (Å²) in [6.45, 7) is 3.75. The number of hydrogen-bond donors (Lipinski definition) is 1. The van der Waals surface area contributed by atoms with Crippen LogP contribution in [-0.4, -0.2) is 46.5 Å². The van der Waals surface area contributed by atoms with E-state index in [4.69, 9.17) is 0 Å². The summed E-state index contributed by atoms with van der Waals surface area (Å²) >= 11 is 0. The molecule has 6 nitrogen and oxygen atoms in total. The molecule has 0 saturated carbocycles. The molecule has 1 N–H and O–H groups in total. The van der Waals surface area contributed by atoms with Gasteiger partial charge in [-0.15, -0.1) is 0 Å². The molecule has 0 fully saturated rings. The van der Waals surface area contributed by atoms with E-state index in [-0.39, 0.29) is 18.0 Å². The van der Waals surface area contributed by atoms with E-state index in [1.165, 1.54) is 18.2 Å². The SMILES string of the molecule is CN(CC(=O)c1cccc([N+](=O)[O-])c1)CC(C)(C)O. The van der Waals surface area contributed by atoms with Gasteiger partial charge in [0.2, 0.25) is 0 Å². The number of carbonyl (C=O) groups excluding carboxylic acids is 1. The lowest BCUT2D eigenvalue weighted by Gasteiger charge is -2.24. The number of non-ortho nitro benzene ring substituents is 1. The van der Waals surface area contributed by atoms with Crippen LogP contribution in [0.3, 0.4) is 0 Å². The lowest BCUT2D eigenvalue weighted by molar-refractivity contribution is -0.384. The highest BCUT2D eigenvalue weighted by atomic mass is 16.6. The molecular formula is C13H18N2O4. The minimum atomic E-state index is -0.891. The number of Topliss-reactive ketones (excluding diaryl/α,β-unsaturated/α-hetero) is 1. The molecule has 0 atom stereocenters. The maximum atomic E-state index is 12.0. The monoisotopic (exact) mass is 266 g/mol. The third kappa shape index (κ3) is 5.15. The summed E-state index contributed by atoms with van der Waals surface area (Å²) in [5.41, 5.74) is -0.690. The van der Waals surface area contributed by atoms with E-state index in [1.807, 2.05) is 0 Å². The molecule has 0 bridgehead atoms. The fourth-order valence-corrected chi connectivity index (χ4v) is 1.85. The van der Waals surface area contributed by atoms with Crippen molar-refractivity contribution >= 4 is 11.5 Å². The van der Waals surface area contributed by atoms with E-state index in [0.29, 0.717) is 12.1 Å². The van der Waals surface area contributed by atoms with Crippen LogP contribution >= 0.6 is 0 Å². The van der Waals surface area contributed by atoms with Crippen LogP contribution in [0.2, 0.25) is 0 Å². The topological polar surface area (TPSA) is 83.7 Å². The standard InChI is InChI=1S/C13H18N2O4/c1-13(2,17)9-14(3)8-12(16)10-5-4-6-11(7-10)15(18)19/h4-7,17H,8-9H2,1-3H3. The average molecular weight is 266 g/mol. The Morgan fingerprint density at radius 3 is 2.63 bits per heavy atom. The Morgan fingerprint density at radius 2 is 2.11 bits per heavy atom. The fourth-order valence-electron chi connectivity index (χ4n) is 1.85. The van der Waals surface area contributed by atoms with E-state index in [0.717, 1.165) is 0 Å². The average Bonchev–Trinajstić information content (AvgIpc) is 2.26. The highest BCUT2D eigenvalue weighted by Gasteiger charge is 2.18. The maximum absolute atomic E-state index is 12.0. The number of aliphatic hydroxyl groups is 1. The number of likely N-dealkylation sites (N-methyl/N-ethyl adjacent to an activating group) is 1. The van der Waals surface area contributed by atoms with Crippen LogP contribution in [0.25, 0.3) is 0 Å². The molecule has 0 aliphatic heterocycles. The van der Waals surface area contributed by atoms with Crippen molar-refractivity contribution in [3.63, 3.8) is 0 Å². The lowest BCUT2D eigenvalue weighted by Crippen LogP contribution is -2.38. The Bertz CT molecular complexity index is 480. The smallest absolute Gasteiger partial charge is 0.270 e. The number of nitro benzene ring substituents is 1. The number of hydrogen-bond acceptors (Lipinski definition) is 5. The lowest BCUT2D eigenvalue weighted by atomic mass is 10.1. The molecule has 1 aromatic carbocycles. The molecular weight excluding hydrogens is 248 g/mol. The Balaban J connectivity index is 2.73. The van der Waals surface area contributed by atoms with Gasteiger partial charge in [-0.1, -0.05) is 12.1 Å². The van der Waals surface area contributed by atoms with E-state index < -0.39 is 10.5 Å². The third-order valence-corrected chi connectivity index (χ3v) is 2.45. The molecule has 0 amide bonds. The van der Waals surface area contributed by atoms with E-state index in [2.05, 4.69) is 0 Å². The van der Waals surface area contributed by atoms with Gasteiger partial charge in [0.05, 0.1) is 17.1 Å². The van der Waals surface area contributed by atoms with Gasteiger partial charge in [-0.05, 0) is 20.9 Å². The number of nitrogens with zero attached hydrogens (tertiary/aromatic N) is 2. The van der Waals surface area contributed by atoms with Crippen LogP contribution in [0, 0.1) is 10.1 Å². The normalized spacial score (nSPS) is 11.6. The van der Waals surface area contributed by atoms with Crippen molar-refractivity contribution in [3.8, 4) is 0 Å². The first-order valence-electron chi connectivity index (χ1n) is 5.87. The Morgan fingerprint density at radius 1 is 1.47 bits per heavy atom. The van der Waals surface area contributed by atoms with Gasteiger partial charge < -0.3 is 5.11 Å². The van der Waals surface area contributed by atoms with Crippen LogP contribution in [0.15, 0.2) is 24.3 Å². The first-order chi connectivity index (χ1) is 8.69. The second-order valence-corrected chi connectivity index (χ2v) is 5.22. The highest BCUT2D eigenvalue weighted by Crippen LogP contribution is 2.14. The van der Waals surface area contributed by atoms with Gasteiger partial charge in [-0.25, -0.2) is 0 Å². The summed E-state index contributed by atoms with van der Waals surface area (Å²) in [5.74, 6) is -0.213. The zero-order valence-electron chi connectivity index (χ0n) is 11.3.